The van der Waals surface area contributed by atoms with E-state index in [-0.39, 0.29) is 24.8 Å². The number of amides is 2. The van der Waals surface area contributed by atoms with Crippen LogP contribution in [-0.4, -0.2) is 21.4 Å². The number of aromatic nitrogens is 2. The number of rotatable bonds is 5. The summed E-state index contributed by atoms with van der Waals surface area (Å²) in [6, 6.07) is 12.0. The normalized spacial score (nSPS) is 10.6. The average molecular weight is 380 g/mol. The number of H-pyrrole nitrogens is 1. The standard InChI is InChI=1S/C20H20N4O4/c1-12-15(21-13(2)25)7-5-8-16(12)22-18(26)10-11-24-17-9-4-3-6-14(17)19(27)23-20(24)28/h3-9H,10-11H2,1-2H3,(H,21,25)(H,22,26)(H,23,27,28). The first-order chi connectivity index (χ1) is 13.4. The number of nitrogens with zero attached hydrogens (tertiary/aromatic N) is 1. The van der Waals surface area contributed by atoms with Gasteiger partial charge in [0.15, 0.2) is 0 Å². The molecule has 0 bridgehead atoms. The van der Waals surface area contributed by atoms with Crippen LogP contribution in [0, 0.1) is 6.92 Å². The summed E-state index contributed by atoms with van der Waals surface area (Å²) < 4.78 is 1.37. The van der Waals surface area contributed by atoms with E-state index in [0.29, 0.717) is 22.3 Å². The van der Waals surface area contributed by atoms with E-state index in [1.165, 1.54) is 11.5 Å². The second-order valence-corrected chi connectivity index (χ2v) is 6.39. The monoisotopic (exact) mass is 380 g/mol. The molecule has 8 nitrogen and oxygen atoms in total. The molecular formula is C20H20N4O4. The van der Waals surface area contributed by atoms with Crippen LogP contribution in [0.1, 0.15) is 18.9 Å². The molecule has 3 N–H and O–H groups in total. The summed E-state index contributed by atoms with van der Waals surface area (Å²) in [4.78, 5) is 50.0. The molecule has 3 rings (SSSR count). The van der Waals surface area contributed by atoms with E-state index in [0.717, 1.165) is 5.56 Å². The van der Waals surface area contributed by atoms with Crippen molar-refractivity contribution in [2.24, 2.45) is 0 Å². The number of benzene rings is 2. The van der Waals surface area contributed by atoms with Crippen molar-refractivity contribution in [3.63, 3.8) is 0 Å². The van der Waals surface area contributed by atoms with E-state index < -0.39 is 11.2 Å². The molecule has 1 heterocycles. The van der Waals surface area contributed by atoms with Crippen molar-refractivity contribution in [3.05, 3.63) is 68.9 Å². The van der Waals surface area contributed by atoms with Crippen LogP contribution in [0.4, 0.5) is 11.4 Å². The van der Waals surface area contributed by atoms with Crippen molar-refractivity contribution in [2.45, 2.75) is 26.8 Å². The first-order valence-corrected chi connectivity index (χ1v) is 8.75. The van der Waals surface area contributed by atoms with Crippen LogP contribution in [0.3, 0.4) is 0 Å². The number of nitrogens with one attached hydrogen (secondary N) is 3. The van der Waals surface area contributed by atoms with Gasteiger partial charge in [0.25, 0.3) is 5.56 Å². The Morgan fingerprint density at radius 3 is 2.39 bits per heavy atom. The van der Waals surface area contributed by atoms with Crippen molar-refractivity contribution in [2.75, 3.05) is 10.6 Å². The Balaban J connectivity index is 1.78. The molecule has 0 aliphatic heterocycles. The first-order valence-electron chi connectivity index (χ1n) is 8.75. The predicted molar refractivity (Wildman–Crippen MR) is 108 cm³/mol. The molecule has 0 atom stereocenters. The highest BCUT2D eigenvalue weighted by Gasteiger charge is 2.11. The van der Waals surface area contributed by atoms with Gasteiger partial charge in [-0.05, 0) is 36.8 Å². The van der Waals surface area contributed by atoms with Crippen molar-refractivity contribution < 1.29 is 9.59 Å². The molecule has 8 heteroatoms. The summed E-state index contributed by atoms with van der Waals surface area (Å²) in [6.45, 7) is 3.32. The highest BCUT2D eigenvalue weighted by molar-refractivity contribution is 5.95. The summed E-state index contributed by atoms with van der Waals surface area (Å²) in [5, 5.41) is 5.89. The second kappa shape index (κ2) is 7.91. The summed E-state index contributed by atoms with van der Waals surface area (Å²) in [6.07, 6.45) is 0.0414. The second-order valence-electron chi connectivity index (χ2n) is 6.39. The lowest BCUT2D eigenvalue weighted by atomic mass is 10.1. The molecule has 3 aromatic rings. The van der Waals surface area contributed by atoms with Gasteiger partial charge in [0.05, 0.1) is 10.9 Å². The molecule has 0 radical (unpaired) electrons. The number of carbonyl (C=O) groups excluding carboxylic acids is 2. The molecule has 0 fully saturated rings. The maximum atomic E-state index is 12.4. The Hall–Kier alpha value is -3.68. The van der Waals surface area contributed by atoms with Gasteiger partial charge in [-0.25, -0.2) is 4.79 Å². The minimum Gasteiger partial charge on any atom is -0.326 e. The summed E-state index contributed by atoms with van der Waals surface area (Å²) in [5.74, 6) is -0.485. The maximum Gasteiger partial charge on any atom is 0.328 e. The van der Waals surface area contributed by atoms with Crippen molar-refractivity contribution in [3.8, 4) is 0 Å². The van der Waals surface area contributed by atoms with Crippen LogP contribution in [0.2, 0.25) is 0 Å². The number of para-hydroxylation sites is 1. The first kappa shape index (κ1) is 19.1. The molecule has 1 aromatic heterocycles. The molecule has 2 amide bonds. The fourth-order valence-electron chi connectivity index (χ4n) is 2.99. The minimum atomic E-state index is -0.555. The molecule has 2 aromatic carbocycles. The van der Waals surface area contributed by atoms with E-state index in [1.54, 1.807) is 49.4 Å². The number of carbonyl (C=O) groups is 2. The van der Waals surface area contributed by atoms with Crippen LogP contribution in [0.5, 0.6) is 0 Å². The Morgan fingerprint density at radius 1 is 1.00 bits per heavy atom. The van der Waals surface area contributed by atoms with Crippen molar-refractivity contribution in [1.29, 1.82) is 0 Å². The molecule has 144 valence electrons. The highest BCUT2D eigenvalue weighted by Crippen LogP contribution is 2.23. The van der Waals surface area contributed by atoms with E-state index in [9.17, 15) is 19.2 Å². The van der Waals surface area contributed by atoms with Gasteiger partial charge in [-0.3, -0.25) is 23.9 Å². The third kappa shape index (κ3) is 4.01. The number of hydrogen-bond acceptors (Lipinski definition) is 4. The third-order valence-corrected chi connectivity index (χ3v) is 4.39. The Kier molecular flexibility index (Phi) is 5.39. The quantitative estimate of drug-likeness (QED) is 0.628. The lowest BCUT2D eigenvalue weighted by molar-refractivity contribution is -0.116. The predicted octanol–water partition coefficient (Wildman–Crippen LogP) is 1.99. The van der Waals surface area contributed by atoms with Crippen molar-refractivity contribution >= 4 is 34.1 Å². The lowest BCUT2D eigenvalue weighted by Crippen LogP contribution is -2.31. The molecule has 0 spiro atoms. The van der Waals surface area contributed by atoms with Gasteiger partial charge in [-0.2, -0.15) is 0 Å². The Bertz CT molecular complexity index is 1180. The highest BCUT2D eigenvalue weighted by atomic mass is 16.2. The van der Waals surface area contributed by atoms with E-state index in [2.05, 4.69) is 15.6 Å². The summed E-state index contributed by atoms with van der Waals surface area (Å²) in [7, 11) is 0. The Morgan fingerprint density at radius 2 is 1.68 bits per heavy atom. The van der Waals surface area contributed by atoms with Crippen LogP contribution in [0.25, 0.3) is 10.9 Å². The van der Waals surface area contributed by atoms with Crippen LogP contribution in [-0.2, 0) is 16.1 Å². The minimum absolute atomic E-state index is 0.0414. The molecule has 28 heavy (non-hydrogen) atoms. The zero-order chi connectivity index (χ0) is 20.3. The molecule has 0 unspecified atom stereocenters. The Labute approximate surface area is 160 Å². The molecule has 0 aliphatic carbocycles. The fraction of sp³-hybridized carbons (Fsp3) is 0.200. The van der Waals surface area contributed by atoms with Crippen LogP contribution in [0.15, 0.2) is 52.1 Å². The van der Waals surface area contributed by atoms with Gasteiger partial charge in [-0.1, -0.05) is 18.2 Å². The number of hydrogen-bond donors (Lipinski definition) is 3. The summed E-state index contributed by atoms with van der Waals surface area (Å²) in [5.41, 5.74) is 1.40. The van der Waals surface area contributed by atoms with Crippen LogP contribution >= 0.6 is 0 Å². The largest absolute Gasteiger partial charge is 0.328 e. The lowest BCUT2D eigenvalue weighted by Gasteiger charge is -2.13. The zero-order valence-electron chi connectivity index (χ0n) is 15.5. The van der Waals surface area contributed by atoms with E-state index in [1.807, 2.05) is 0 Å². The van der Waals surface area contributed by atoms with Gasteiger partial charge in [0.2, 0.25) is 11.8 Å². The number of anilines is 2. The molecule has 0 saturated heterocycles. The molecule has 0 saturated carbocycles. The molecule has 0 aliphatic rings. The average Bonchev–Trinajstić information content (AvgIpc) is 2.64. The van der Waals surface area contributed by atoms with Crippen LogP contribution < -0.4 is 21.9 Å². The maximum absolute atomic E-state index is 12.4. The van der Waals surface area contributed by atoms with Gasteiger partial charge in [0.1, 0.15) is 0 Å². The van der Waals surface area contributed by atoms with Gasteiger partial charge in [-0.15, -0.1) is 0 Å². The van der Waals surface area contributed by atoms with Gasteiger partial charge < -0.3 is 10.6 Å². The zero-order valence-corrected chi connectivity index (χ0v) is 15.5. The summed E-state index contributed by atoms with van der Waals surface area (Å²) >= 11 is 0. The van der Waals surface area contributed by atoms with Gasteiger partial charge in [0, 0.05) is 31.3 Å². The van der Waals surface area contributed by atoms with E-state index in [4.69, 9.17) is 0 Å². The number of fused-ring (bicyclic) bond motifs is 1. The topological polar surface area (TPSA) is 113 Å². The SMILES string of the molecule is CC(=O)Nc1cccc(NC(=O)CCn2c(=O)[nH]c(=O)c3ccccc32)c1C. The van der Waals surface area contributed by atoms with Crippen molar-refractivity contribution in [1.82, 2.24) is 9.55 Å². The number of aryl methyl sites for hydroxylation is 1. The molecular weight excluding hydrogens is 360 g/mol. The smallest absolute Gasteiger partial charge is 0.326 e. The van der Waals surface area contributed by atoms with E-state index >= 15 is 0 Å². The number of aromatic amines is 1. The third-order valence-electron chi connectivity index (χ3n) is 4.39. The van der Waals surface area contributed by atoms with Gasteiger partial charge >= 0.3 is 5.69 Å². The fourth-order valence-corrected chi connectivity index (χ4v) is 2.99.